The first kappa shape index (κ1) is 60.0. The Morgan fingerprint density at radius 2 is 0.348 bits per heavy atom. The second-order valence-corrected chi connectivity index (χ2v) is 35.4. The van der Waals surface area contributed by atoms with E-state index in [0.717, 1.165) is 114 Å². The zero-order chi connectivity index (χ0) is 114. The fourth-order valence-electron chi connectivity index (χ4n) is 21.8. The summed E-state index contributed by atoms with van der Waals surface area (Å²) in [5, 5.41) is 17.8. The highest BCUT2D eigenvalue weighted by atomic mass is 16.3. The van der Waals surface area contributed by atoms with Crippen molar-refractivity contribution < 1.29 is 46.1 Å². The molecule has 0 radical (unpaired) electrons. The number of fused-ring (bicyclic) bond motifs is 21. The SMILES string of the molecule is [2H]c1c([2H])c([2H])c2c(-c3cccc4oc5cc6ccccc6cc5c34)c3c([2H])c([2H])c([2H])c([2H])c3c(-c3ccc(-c4cccc5ccccc45)c4ccccc34)c2c1[2H].[2H]c1c([2H])c([2H])c2c(-c3cccc4oc5cc6ccccc6cc5c34)c3c([2H])c([2H])c([2H])c([2H])c3c(-c3ccc(-c4ccccc4)c4ccccc34)c2c1[2H].[2H]c1c([2H])c([2H])c2c(-c3cccc4oc5cc6ccccc6cc5c34)c3c([2H])c([2H])c([2H])c([2H])c3c(-c3ccccc3-c3ccccc3)c2c1[2H]. The van der Waals surface area contributed by atoms with Gasteiger partial charge in [-0.25, -0.2) is 0 Å². The van der Waals surface area contributed by atoms with E-state index in [4.69, 9.17) is 29.7 Å². The van der Waals surface area contributed by atoms with Crippen molar-refractivity contribution in [1.29, 1.82) is 0 Å². The summed E-state index contributed by atoms with van der Waals surface area (Å²) in [7, 11) is 0. The number of hydrogen-bond acceptors (Lipinski definition) is 3. The Morgan fingerprint density at radius 1 is 0.128 bits per heavy atom. The molecule has 30 aromatic rings. The molecule has 0 aliphatic rings. The molecule has 3 nitrogen and oxygen atoms in total. The van der Waals surface area contributed by atoms with E-state index in [-0.39, 0.29) is 143 Å². The predicted octanol–water partition coefficient (Wildman–Crippen LogP) is 39.6. The van der Waals surface area contributed by atoms with E-state index < -0.39 is 72.5 Å². The number of rotatable bonds is 9. The molecule has 0 saturated heterocycles. The highest BCUT2D eigenvalue weighted by Crippen LogP contribution is 2.55. The topological polar surface area (TPSA) is 39.4 Å². The molecule has 3 aromatic heterocycles. The number of furan rings is 3. The average molecular weight is 1810 g/mol. The van der Waals surface area contributed by atoms with E-state index in [1.165, 1.54) is 0 Å². The van der Waals surface area contributed by atoms with Gasteiger partial charge in [-0.2, -0.15) is 0 Å². The molecule has 3 heterocycles. The van der Waals surface area contributed by atoms with E-state index in [9.17, 15) is 16.4 Å². The van der Waals surface area contributed by atoms with Gasteiger partial charge < -0.3 is 13.3 Å². The molecule has 0 atom stereocenters. The van der Waals surface area contributed by atoms with E-state index in [1.54, 1.807) is 12.1 Å². The summed E-state index contributed by atoms with van der Waals surface area (Å²) in [6, 6.07) is 108. The van der Waals surface area contributed by atoms with Gasteiger partial charge in [0.2, 0.25) is 0 Å². The molecule has 0 spiro atoms. The fourth-order valence-corrected chi connectivity index (χ4v) is 21.8. The van der Waals surface area contributed by atoms with Crippen molar-refractivity contribution in [3.63, 3.8) is 0 Å². The van der Waals surface area contributed by atoms with Gasteiger partial charge in [0.15, 0.2) is 0 Å². The van der Waals surface area contributed by atoms with Crippen LogP contribution in [0.5, 0.6) is 0 Å². The third kappa shape index (κ3) is 13.2. The average Bonchev–Trinajstić information content (AvgIpc) is 1.63. The van der Waals surface area contributed by atoms with Crippen molar-refractivity contribution in [2.45, 2.75) is 0 Å². The minimum absolute atomic E-state index is 0.161. The molecule has 0 aliphatic carbocycles. The largest absolute Gasteiger partial charge is 0.456 e. The van der Waals surface area contributed by atoms with Gasteiger partial charge in [0.1, 0.15) is 33.5 Å². The molecule has 0 N–H and O–H groups in total. The second-order valence-electron chi connectivity index (χ2n) is 35.4. The van der Waals surface area contributed by atoms with E-state index in [1.807, 2.05) is 328 Å². The quantitative estimate of drug-likeness (QED) is 0.135. The predicted molar refractivity (Wildman–Crippen MR) is 600 cm³/mol. The van der Waals surface area contributed by atoms with Gasteiger partial charge in [-0.3, -0.25) is 0 Å². The number of benzene rings is 27. The monoisotopic (exact) mass is 1810 g/mol. The Kier molecular flexibility index (Phi) is 14.1. The summed E-state index contributed by atoms with van der Waals surface area (Å²) < 4.78 is 240. The van der Waals surface area contributed by atoms with Crippen LogP contribution in [0.2, 0.25) is 0 Å². The summed E-state index contributed by atoms with van der Waals surface area (Å²) in [5.41, 5.74) is 14.2. The Morgan fingerprint density at radius 3 is 0.702 bits per heavy atom. The molecule has 0 fully saturated rings. The van der Waals surface area contributed by atoms with Gasteiger partial charge in [-0.05, 0) is 284 Å². The summed E-state index contributed by atoms with van der Waals surface area (Å²) in [5.74, 6) is 0. The minimum atomic E-state index is -0.443. The fraction of sp³-hybridized carbons (Fsp3) is 0. The van der Waals surface area contributed by atoms with Crippen molar-refractivity contribution >= 4 is 195 Å². The lowest BCUT2D eigenvalue weighted by Crippen LogP contribution is -1.93. The van der Waals surface area contributed by atoms with Crippen molar-refractivity contribution in [3.8, 4) is 100 Å². The van der Waals surface area contributed by atoms with E-state index >= 15 is 0 Å². The Bertz CT molecular complexity index is 11800. The molecule has 0 amide bonds. The van der Waals surface area contributed by atoms with E-state index in [0.29, 0.717) is 111 Å². The number of hydrogen-bond donors (Lipinski definition) is 0. The minimum Gasteiger partial charge on any atom is -0.456 e. The zero-order valence-electron chi connectivity index (χ0n) is 98.9. The van der Waals surface area contributed by atoms with Crippen molar-refractivity contribution in [2.24, 2.45) is 0 Å². The highest BCUT2D eigenvalue weighted by molar-refractivity contribution is 6.32. The van der Waals surface area contributed by atoms with Gasteiger partial charge >= 0.3 is 0 Å². The lowest BCUT2D eigenvalue weighted by molar-refractivity contribution is 0.669. The van der Waals surface area contributed by atoms with Crippen LogP contribution in [-0.2, 0) is 0 Å². The van der Waals surface area contributed by atoms with Gasteiger partial charge in [0.25, 0.3) is 0 Å². The molecule has 141 heavy (non-hydrogen) atoms. The molecule has 0 aliphatic heterocycles. The van der Waals surface area contributed by atoms with Crippen molar-refractivity contribution in [2.75, 3.05) is 0 Å². The molecule has 654 valence electrons. The first-order valence-electron chi connectivity index (χ1n) is 58.6. The summed E-state index contributed by atoms with van der Waals surface area (Å²) in [6.45, 7) is 0. The maximum absolute atomic E-state index is 9.60. The molecule has 27 aromatic carbocycles. The second kappa shape index (κ2) is 33.2. The summed E-state index contributed by atoms with van der Waals surface area (Å²) in [6.07, 6.45) is 0. The van der Waals surface area contributed by atoms with Gasteiger partial charge in [0.05, 0.1) is 32.9 Å². The standard InChI is InChI=1S/C50H30O.C46H28O.C42H26O/c1-2-15-33-30-47-45(29-32(33)14-1)50-44(25-12-26-46(50)51-47)49-41-22-9-7-20-39(41)48(40-21-8-10-23-42(40)49)43-28-27-38(36-18-5-6-19-37(36)43)35-24-11-16-31-13-3-4-17-34(31)35;1-2-13-29(14-3-1)32-25-26-39(34-18-7-6-17-33(32)34)44-35-19-8-10-21-37(35)45(38-22-11-9-20-36(38)44)40-23-12-24-42-46(40)41-27-30-15-4-5-16-31(30)28-43(41)47-42;1-2-13-27(14-3-1)30-17-6-7-18-31(30)40-32-19-8-10-21-34(32)41(35-22-11-9-20-33(35)40)36-23-12-24-38-42(36)37-25-28-15-4-5-16-29(28)26-39(37)43-38/h1-30H;1-28H;1-26H/i7D,8D,9D,10D,20D,21D,22D,23D;2*8D,9D,10D,11D,19D,20D,21D,22D. The molecule has 30 rings (SSSR count). The van der Waals surface area contributed by atoms with Gasteiger partial charge in [0, 0.05) is 32.3 Å². The highest BCUT2D eigenvalue weighted by Gasteiger charge is 2.28. The molecule has 0 unspecified atom stereocenters. The molecule has 3 heteroatoms. The lowest BCUT2D eigenvalue weighted by Gasteiger charge is -2.20. The molecule has 0 saturated carbocycles. The van der Waals surface area contributed by atoms with Crippen LogP contribution in [0, 0.1) is 0 Å². The smallest absolute Gasteiger partial charge is 0.136 e. The van der Waals surface area contributed by atoms with Crippen LogP contribution in [-0.4, -0.2) is 0 Å². The van der Waals surface area contributed by atoms with Crippen LogP contribution in [0.25, 0.3) is 295 Å². The maximum Gasteiger partial charge on any atom is 0.136 e. The lowest BCUT2D eigenvalue weighted by atomic mass is 9.83. The van der Waals surface area contributed by atoms with Crippen LogP contribution >= 0.6 is 0 Å². The molecular formula is C138H84O3. The van der Waals surface area contributed by atoms with Crippen LogP contribution in [0.15, 0.2) is 522 Å². The Hall–Kier alpha value is -18.5. The van der Waals surface area contributed by atoms with E-state index in [2.05, 4.69) is 24.3 Å². The van der Waals surface area contributed by atoms with Crippen LogP contribution in [0.4, 0.5) is 0 Å². The molecular weight excluding hydrogens is 1710 g/mol. The normalized spacial score (nSPS) is 14.2. The third-order valence-corrected chi connectivity index (χ3v) is 27.9. The molecule has 0 bridgehead atoms. The zero-order valence-corrected chi connectivity index (χ0v) is 74.9. The third-order valence-electron chi connectivity index (χ3n) is 27.9. The van der Waals surface area contributed by atoms with Crippen molar-refractivity contribution in [3.05, 3.63) is 509 Å². The van der Waals surface area contributed by atoms with Crippen molar-refractivity contribution in [1.82, 2.24) is 0 Å². The van der Waals surface area contributed by atoms with Gasteiger partial charge in [-0.15, -0.1) is 0 Å². The van der Waals surface area contributed by atoms with Crippen LogP contribution < -0.4 is 0 Å². The summed E-state index contributed by atoms with van der Waals surface area (Å²) >= 11 is 0. The van der Waals surface area contributed by atoms with Crippen LogP contribution in [0.3, 0.4) is 0 Å². The maximum atomic E-state index is 9.60. The Balaban J connectivity index is 0.000000116. The van der Waals surface area contributed by atoms with Crippen LogP contribution in [0.1, 0.15) is 32.9 Å². The van der Waals surface area contributed by atoms with Gasteiger partial charge in [-0.1, -0.05) is 454 Å². The summed E-state index contributed by atoms with van der Waals surface area (Å²) in [4.78, 5) is 0. The Labute approximate surface area is 845 Å². The first-order chi connectivity index (χ1) is 80.0. The first-order valence-corrected chi connectivity index (χ1v) is 46.6.